The molecule has 0 saturated heterocycles. The Bertz CT molecular complexity index is 322. The van der Waals surface area contributed by atoms with Crippen LogP contribution in [0.4, 0.5) is 0 Å². The Hall–Kier alpha value is -0.320. The summed E-state index contributed by atoms with van der Waals surface area (Å²) in [5.41, 5.74) is 5.81. The van der Waals surface area contributed by atoms with E-state index in [0.29, 0.717) is 12.6 Å². The first-order chi connectivity index (χ1) is 7.22. The monoisotopic (exact) mass is 272 g/mol. The van der Waals surface area contributed by atoms with Gasteiger partial charge in [-0.1, -0.05) is 6.42 Å². The number of halogens is 1. The zero-order valence-electron chi connectivity index (χ0n) is 8.95. The van der Waals surface area contributed by atoms with Crippen LogP contribution in [-0.4, -0.2) is 24.5 Å². The summed E-state index contributed by atoms with van der Waals surface area (Å²) in [6.07, 6.45) is 3.91. The van der Waals surface area contributed by atoms with Crippen LogP contribution < -0.4 is 5.73 Å². The van der Waals surface area contributed by atoms with Crippen LogP contribution in [-0.2, 0) is 0 Å². The number of hydrogen-bond donors (Lipinski definition) is 1. The van der Waals surface area contributed by atoms with E-state index in [0.717, 1.165) is 10.4 Å². The molecular weight excluding hydrogens is 256 g/mol. The smallest absolute Gasteiger partial charge is 0.169 e. The van der Waals surface area contributed by atoms with Crippen LogP contribution in [0.25, 0.3) is 0 Å². The highest BCUT2D eigenvalue weighted by Crippen LogP contribution is 2.31. The summed E-state index contributed by atoms with van der Waals surface area (Å²) in [5, 5.41) is 0. The fourth-order valence-electron chi connectivity index (χ4n) is 2.04. The minimum Gasteiger partial charge on any atom is -0.453 e. The van der Waals surface area contributed by atoms with E-state index >= 15 is 0 Å². The predicted octanol–water partition coefficient (Wildman–Crippen LogP) is 2.53. The lowest BCUT2D eigenvalue weighted by Crippen LogP contribution is -2.42. The Morgan fingerprint density at radius 1 is 1.60 bits per heavy atom. The minimum absolute atomic E-state index is 0.210. The largest absolute Gasteiger partial charge is 0.453 e. The Kier molecular flexibility index (Phi) is 3.49. The van der Waals surface area contributed by atoms with Crippen molar-refractivity contribution in [1.82, 2.24) is 4.90 Å². The van der Waals surface area contributed by atoms with E-state index in [-0.39, 0.29) is 6.04 Å². The van der Waals surface area contributed by atoms with E-state index in [1.165, 1.54) is 19.3 Å². The van der Waals surface area contributed by atoms with Crippen LogP contribution in [0.15, 0.2) is 21.2 Å². The molecule has 0 aliphatic heterocycles. The van der Waals surface area contributed by atoms with E-state index in [9.17, 15) is 0 Å². The third-order valence-corrected chi connectivity index (χ3v) is 3.71. The standard InChI is InChI=1S/C11H17BrN2O/c1-14(8-3-2-4-8)9(7-13)10-5-6-11(12)15-10/h5-6,8-9H,2-4,7,13H2,1H3. The van der Waals surface area contributed by atoms with E-state index in [4.69, 9.17) is 10.2 Å². The summed E-state index contributed by atoms with van der Waals surface area (Å²) >= 11 is 3.32. The van der Waals surface area contributed by atoms with Gasteiger partial charge in [-0.3, -0.25) is 4.90 Å². The Balaban J connectivity index is 2.08. The van der Waals surface area contributed by atoms with Crippen molar-refractivity contribution >= 4 is 15.9 Å². The molecule has 1 aliphatic rings. The number of hydrogen-bond acceptors (Lipinski definition) is 3. The van der Waals surface area contributed by atoms with E-state index in [1.807, 2.05) is 12.1 Å². The van der Waals surface area contributed by atoms with Gasteiger partial charge in [0.1, 0.15) is 5.76 Å². The fourth-order valence-corrected chi connectivity index (χ4v) is 2.36. The second kappa shape index (κ2) is 4.68. The van der Waals surface area contributed by atoms with Crippen LogP contribution in [0.3, 0.4) is 0 Å². The quantitative estimate of drug-likeness (QED) is 0.916. The summed E-state index contributed by atoms with van der Waals surface area (Å²) < 4.78 is 6.35. The van der Waals surface area contributed by atoms with Crippen molar-refractivity contribution in [2.45, 2.75) is 31.3 Å². The van der Waals surface area contributed by atoms with Crippen molar-refractivity contribution in [3.8, 4) is 0 Å². The van der Waals surface area contributed by atoms with Gasteiger partial charge < -0.3 is 10.2 Å². The predicted molar refractivity (Wildman–Crippen MR) is 63.6 cm³/mol. The van der Waals surface area contributed by atoms with Gasteiger partial charge in [0, 0.05) is 12.6 Å². The van der Waals surface area contributed by atoms with E-state index in [1.54, 1.807) is 0 Å². The molecule has 2 N–H and O–H groups in total. The molecule has 0 radical (unpaired) electrons. The molecule has 0 bridgehead atoms. The average molecular weight is 273 g/mol. The van der Waals surface area contributed by atoms with Gasteiger partial charge in [-0.2, -0.15) is 0 Å². The van der Waals surface area contributed by atoms with Crippen LogP contribution in [0.2, 0.25) is 0 Å². The minimum atomic E-state index is 0.210. The van der Waals surface area contributed by atoms with Gasteiger partial charge in [-0.25, -0.2) is 0 Å². The summed E-state index contributed by atoms with van der Waals surface area (Å²) in [6, 6.07) is 4.81. The highest BCUT2D eigenvalue weighted by atomic mass is 79.9. The molecule has 1 aromatic rings. The van der Waals surface area contributed by atoms with Crippen molar-refractivity contribution in [2.24, 2.45) is 5.73 Å². The Morgan fingerprint density at radius 3 is 2.73 bits per heavy atom. The van der Waals surface area contributed by atoms with Crippen LogP contribution in [0.5, 0.6) is 0 Å². The number of likely N-dealkylation sites (N-methyl/N-ethyl adjacent to an activating group) is 1. The fraction of sp³-hybridized carbons (Fsp3) is 0.636. The molecule has 4 heteroatoms. The first-order valence-corrected chi connectivity index (χ1v) is 6.19. The second-order valence-corrected chi connectivity index (χ2v) is 4.93. The zero-order chi connectivity index (χ0) is 10.8. The lowest BCUT2D eigenvalue weighted by Gasteiger charge is -2.38. The summed E-state index contributed by atoms with van der Waals surface area (Å²) in [5.74, 6) is 0.957. The normalized spacial score (nSPS) is 19.2. The van der Waals surface area contributed by atoms with Crippen molar-refractivity contribution < 1.29 is 4.42 Å². The molecule has 1 atom stereocenters. The Morgan fingerprint density at radius 2 is 2.33 bits per heavy atom. The van der Waals surface area contributed by atoms with Crippen LogP contribution >= 0.6 is 15.9 Å². The first-order valence-electron chi connectivity index (χ1n) is 5.39. The number of furan rings is 1. The maximum Gasteiger partial charge on any atom is 0.169 e. The lowest BCUT2D eigenvalue weighted by molar-refractivity contribution is 0.101. The third-order valence-electron chi connectivity index (χ3n) is 3.29. The van der Waals surface area contributed by atoms with E-state index < -0.39 is 0 Å². The maximum atomic E-state index is 5.81. The van der Waals surface area contributed by atoms with Crippen molar-refractivity contribution in [2.75, 3.05) is 13.6 Å². The number of nitrogens with two attached hydrogens (primary N) is 1. The molecular formula is C11H17BrN2O. The third kappa shape index (κ3) is 2.27. The summed E-state index contributed by atoms with van der Waals surface area (Å²) in [6.45, 7) is 0.604. The zero-order valence-corrected chi connectivity index (χ0v) is 10.5. The highest BCUT2D eigenvalue weighted by molar-refractivity contribution is 9.10. The lowest BCUT2D eigenvalue weighted by atomic mass is 9.90. The average Bonchev–Trinajstić information content (AvgIpc) is 2.50. The van der Waals surface area contributed by atoms with Gasteiger partial charge in [-0.05, 0) is 48.0 Å². The van der Waals surface area contributed by atoms with Crippen molar-refractivity contribution in [3.05, 3.63) is 22.6 Å². The molecule has 1 aromatic heterocycles. The first kappa shape index (κ1) is 11.2. The molecule has 1 aliphatic carbocycles. The number of nitrogens with zero attached hydrogens (tertiary/aromatic N) is 1. The highest BCUT2D eigenvalue weighted by Gasteiger charge is 2.29. The van der Waals surface area contributed by atoms with Gasteiger partial charge >= 0.3 is 0 Å². The van der Waals surface area contributed by atoms with Gasteiger partial charge in [-0.15, -0.1) is 0 Å². The van der Waals surface area contributed by atoms with Gasteiger partial charge in [0.25, 0.3) is 0 Å². The van der Waals surface area contributed by atoms with Gasteiger partial charge in [0.2, 0.25) is 0 Å². The molecule has 15 heavy (non-hydrogen) atoms. The SMILES string of the molecule is CN(C1CCC1)C(CN)c1ccc(Br)o1. The Labute approximate surface area is 98.7 Å². The molecule has 84 valence electrons. The van der Waals surface area contributed by atoms with Crippen molar-refractivity contribution in [1.29, 1.82) is 0 Å². The van der Waals surface area contributed by atoms with Crippen LogP contribution in [0, 0.1) is 0 Å². The topological polar surface area (TPSA) is 42.4 Å². The molecule has 1 saturated carbocycles. The molecule has 3 nitrogen and oxygen atoms in total. The molecule has 2 rings (SSSR count). The molecule has 1 fully saturated rings. The van der Waals surface area contributed by atoms with Crippen molar-refractivity contribution in [3.63, 3.8) is 0 Å². The second-order valence-electron chi connectivity index (χ2n) is 4.14. The number of rotatable bonds is 4. The molecule has 1 unspecified atom stereocenters. The van der Waals surface area contributed by atoms with Gasteiger partial charge in [0.15, 0.2) is 4.67 Å². The summed E-state index contributed by atoms with van der Waals surface area (Å²) in [4.78, 5) is 2.34. The molecule has 0 aromatic carbocycles. The van der Waals surface area contributed by atoms with Gasteiger partial charge in [0.05, 0.1) is 6.04 Å². The molecule has 0 amide bonds. The van der Waals surface area contributed by atoms with Crippen LogP contribution in [0.1, 0.15) is 31.1 Å². The summed E-state index contributed by atoms with van der Waals surface area (Å²) in [7, 11) is 2.14. The molecule has 1 heterocycles. The van der Waals surface area contributed by atoms with E-state index in [2.05, 4.69) is 27.9 Å². The maximum absolute atomic E-state index is 5.81. The molecule has 0 spiro atoms.